The molecule has 0 spiro atoms. The Hall–Kier alpha value is -3.00. The Bertz CT molecular complexity index is 896. The zero-order chi connectivity index (χ0) is 19.1. The SMILES string of the molecule is CCOc1ccc(NC(=O)CSc2nnc(-c3ccccc3OC)o2)cc1. The Morgan fingerprint density at radius 2 is 1.93 bits per heavy atom. The van der Waals surface area contributed by atoms with Crippen molar-refractivity contribution in [2.24, 2.45) is 0 Å². The van der Waals surface area contributed by atoms with Crippen LogP contribution in [0.3, 0.4) is 0 Å². The van der Waals surface area contributed by atoms with Gasteiger partial charge in [-0.2, -0.15) is 0 Å². The number of nitrogens with zero attached hydrogens (tertiary/aromatic N) is 2. The van der Waals surface area contributed by atoms with Crippen molar-refractivity contribution < 1.29 is 18.7 Å². The van der Waals surface area contributed by atoms with Crippen LogP contribution in [-0.2, 0) is 4.79 Å². The standard InChI is InChI=1S/C19H19N3O4S/c1-3-25-14-10-8-13(9-11-14)20-17(23)12-27-19-22-21-18(26-19)15-6-4-5-7-16(15)24-2/h4-11H,3,12H2,1-2H3,(H,20,23). The van der Waals surface area contributed by atoms with Crippen molar-refractivity contribution in [1.82, 2.24) is 10.2 Å². The average molecular weight is 385 g/mol. The molecule has 0 radical (unpaired) electrons. The average Bonchev–Trinajstić information content (AvgIpc) is 3.17. The molecule has 0 fully saturated rings. The molecule has 1 N–H and O–H groups in total. The molecule has 3 rings (SSSR count). The lowest BCUT2D eigenvalue weighted by atomic mass is 10.2. The molecule has 0 aliphatic rings. The Balaban J connectivity index is 1.56. The summed E-state index contributed by atoms with van der Waals surface area (Å²) in [6, 6.07) is 14.6. The lowest BCUT2D eigenvalue weighted by molar-refractivity contribution is -0.113. The molecular formula is C19H19N3O4S. The summed E-state index contributed by atoms with van der Waals surface area (Å²) < 4.78 is 16.3. The van der Waals surface area contributed by atoms with Gasteiger partial charge in [-0.15, -0.1) is 10.2 Å². The van der Waals surface area contributed by atoms with Gasteiger partial charge in [0.1, 0.15) is 11.5 Å². The number of hydrogen-bond donors (Lipinski definition) is 1. The molecule has 1 heterocycles. The van der Waals surface area contributed by atoms with Gasteiger partial charge >= 0.3 is 0 Å². The molecule has 2 aromatic carbocycles. The summed E-state index contributed by atoms with van der Waals surface area (Å²) in [5, 5.41) is 11.1. The zero-order valence-electron chi connectivity index (χ0n) is 15.0. The first-order valence-electron chi connectivity index (χ1n) is 8.32. The lowest BCUT2D eigenvalue weighted by Crippen LogP contribution is -2.13. The van der Waals surface area contributed by atoms with Crippen LogP contribution in [0.25, 0.3) is 11.5 Å². The van der Waals surface area contributed by atoms with Crippen LogP contribution in [0.5, 0.6) is 11.5 Å². The molecule has 140 valence electrons. The van der Waals surface area contributed by atoms with Gasteiger partial charge < -0.3 is 19.2 Å². The van der Waals surface area contributed by atoms with Crippen molar-refractivity contribution in [3.05, 3.63) is 48.5 Å². The molecule has 27 heavy (non-hydrogen) atoms. The van der Waals surface area contributed by atoms with Gasteiger partial charge in [0.2, 0.25) is 5.91 Å². The highest BCUT2D eigenvalue weighted by atomic mass is 32.2. The second-order valence-electron chi connectivity index (χ2n) is 5.37. The van der Waals surface area contributed by atoms with E-state index < -0.39 is 0 Å². The predicted molar refractivity (Wildman–Crippen MR) is 103 cm³/mol. The number of carbonyl (C=O) groups excluding carboxylic acids is 1. The van der Waals surface area contributed by atoms with Crippen molar-refractivity contribution in [2.45, 2.75) is 12.1 Å². The molecule has 1 amide bonds. The van der Waals surface area contributed by atoms with Gasteiger partial charge in [-0.1, -0.05) is 23.9 Å². The number of ether oxygens (including phenoxy) is 2. The van der Waals surface area contributed by atoms with E-state index >= 15 is 0 Å². The maximum absolute atomic E-state index is 12.1. The predicted octanol–water partition coefficient (Wildman–Crippen LogP) is 3.87. The number of amides is 1. The second-order valence-corrected chi connectivity index (χ2v) is 6.29. The summed E-state index contributed by atoms with van der Waals surface area (Å²) in [5.74, 6) is 1.74. The van der Waals surface area contributed by atoms with E-state index in [1.54, 1.807) is 19.2 Å². The summed E-state index contributed by atoms with van der Waals surface area (Å²) >= 11 is 1.17. The van der Waals surface area contributed by atoms with E-state index in [1.165, 1.54) is 11.8 Å². The van der Waals surface area contributed by atoms with Gasteiger partial charge in [-0.05, 0) is 43.3 Å². The molecule has 0 unspecified atom stereocenters. The first kappa shape index (κ1) is 18.8. The highest BCUT2D eigenvalue weighted by molar-refractivity contribution is 7.99. The number of nitrogens with one attached hydrogen (secondary N) is 1. The monoisotopic (exact) mass is 385 g/mol. The lowest BCUT2D eigenvalue weighted by Gasteiger charge is -2.06. The van der Waals surface area contributed by atoms with E-state index in [-0.39, 0.29) is 11.7 Å². The Labute approximate surface area is 161 Å². The molecule has 0 aliphatic heterocycles. The second kappa shape index (κ2) is 9.09. The molecule has 0 aliphatic carbocycles. The van der Waals surface area contributed by atoms with Gasteiger partial charge in [0, 0.05) is 5.69 Å². The third-order valence-electron chi connectivity index (χ3n) is 3.52. The van der Waals surface area contributed by atoms with Crippen LogP contribution in [0.1, 0.15) is 6.92 Å². The number of aromatic nitrogens is 2. The number of thioether (sulfide) groups is 1. The fraction of sp³-hybridized carbons (Fsp3) is 0.211. The van der Waals surface area contributed by atoms with Crippen LogP contribution in [0.15, 0.2) is 58.2 Å². The van der Waals surface area contributed by atoms with Crippen molar-refractivity contribution in [1.29, 1.82) is 0 Å². The maximum Gasteiger partial charge on any atom is 0.277 e. The van der Waals surface area contributed by atoms with Crippen molar-refractivity contribution in [3.63, 3.8) is 0 Å². The first-order chi connectivity index (χ1) is 13.2. The van der Waals surface area contributed by atoms with Crippen LogP contribution in [0.4, 0.5) is 5.69 Å². The Kier molecular flexibility index (Phi) is 6.32. The zero-order valence-corrected chi connectivity index (χ0v) is 15.8. The van der Waals surface area contributed by atoms with E-state index in [4.69, 9.17) is 13.9 Å². The van der Waals surface area contributed by atoms with Gasteiger partial charge in [-0.3, -0.25) is 4.79 Å². The number of carbonyl (C=O) groups is 1. The summed E-state index contributed by atoms with van der Waals surface area (Å²) in [6.45, 7) is 2.52. The third kappa shape index (κ3) is 5.01. The van der Waals surface area contributed by atoms with E-state index in [2.05, 4.69) is 15.5 Å². The summed E-state index contributed by atoms with van der Waals surface area (Å²) in [6.07, 6.45) is 0. The van der Waals surface area contributed by atoms with Gasteiger partial charge in [0.05, 0.1) is 25.0 Å². The Morgan fingerprint density at radius 3 is 2.67 bits per heavy atom. The first-order valence-corrected chi connectivity index (χ1v) is 9.30. The fourth-order valence-corrected chi connectivity index (χ4v) is 2.89. The third-order valence-corrected chi connectivity index (χ3v) is 4.34. The highest BCUT2D eigenvalue weighted by Crippen LogP contribution is 2.30. The van der Waals surface area contributed by atoms with Crippen molar-refractivity contribution in [2.75, 3.05) is 24.8 Å². The topological polar surface area (TPSA) is 86.5 Å². The number of para-hydroxylation sites is 1. The minimum absolute atomic E-state index is 0.154. The van der Waals surface area contributed by atoms with E-state index in [0.717, 1.165) is 5.75 Å². The summed E-state index contributed by atoms with van der Waals surface area (Å²) in [7, 11) is 1.58. The van der Waals surface area contributed by atoms with Crippen LogP contribution in [0, 0.1) is 0 Å². The van der Waals surface area contributed by atoms with Crippen molar-refractivity contribution >= 4 is 23.4 Å². The van der Waals surface area contributed by atoms with Gasteiger partial charge in [-0.25, -0.2) is 0 Å². The van der Waals surface area contributed by atoms with E-state index in [0.29, 0.717) is 34.7 Å². The quantitative estimate of drug-likeness (QED) is 0.589. The van der Waals surface area contributed by atoms with E-state index in [1.807, 2.05) is 43.3 Å². The smallest absolute Gasteiger partial charge is 0.277 e. The van der Waals surface area contributed by atoms with E-state index in [9.17, 15) is 4.79 Å². The molecule has 0 atom stereocenters. The Morgan fingerprint density at radius 1 is 1.15 bits per heavy atom. The molecule has 3 aromatic rings. The molecule has 0 saturated carbocycles. The molecule has 8 heteroatoms. The highest BCUT2D eigenvalue weighted by Gasteiger charge is 2.14. The van der Waals surface area contributed by atoms with Crippen LogP contribution >= 0.6 is 11.8 Å². The molecular weight excluding hydrogens is 366 g/mol. The summed E-state index contributed by atoms with van der Waals surface area (Å²) in [4.78, 5) is 12.1. The van der Waals surface area contributed by atoms with Crippen LogP contribution in [0.2, 0.25) is 0 Å². The summed E-state index contributed by atoms with van der Waals surface area (Å²) in [5.41, 5.74) is 1.41. The van der Waals surface area contributed by atoms with Crippen LogP contribution in [-0.4, -0.2) is 35.6 Å². The molecule has 0 bridgehead atoms. The molecule has 0 saturated heterocycles. The minimum Gasteiger partial charge on any atom is -0.496 e. The largest absolute Gasteiger partial charge is 0.496 e. The number of benzene rings is 2. The maximum atomic E-state index is 12.1. The number of methoxy groups -OCH3 is 1. The number of rotatable bonds is 8. The molecule has 1 aromatic heterocycles. The van der Waals surface area contributed by atoms with Gasteiger partial charge in [0.25, 0.3) is 11.1 Å². The van der Waals surface area contributed by atoms with Gasteiger partial charge in [0.15, 0.2) is 0 Å². The normalized spacial score (nSPS) is 10.4. The number of anilines is 1. The van der Waals surface area contributed by atoms with Crippen molar-refractivity contribution in [3.8, 4) is 23.0 Å². The molecule has 7 nitrogen and oxygen atoms in total. The van der Waals surface area contributed by atoms with Crippen LogP contribution < -0.4 is 14.8 Å². The number of hydrogen-bond acceptors (Lipinski definition) is 7. The minimum atomic E-state index is -0.166. The fourth-order valence-electron chi connectivity index (χ4n) is 2.32.